The number of amides is 1. The van der Waals surface area contributed by atoms with Crippen LogP contribution in [0, 0.1) is 0 Å². The van der Waals surface area contributed by atoms with E-state index in [1.807, 2.05) is 37.4 Å². The highest BCUT2D eigenvalue weighted by Gasteiger charge is 2.26. The molecule has 2 aromatic rings. The number of ether oxygens (including phenoxy) is 3. The van der Waals surface area contributed by atoms with Crippen molar-refractivity contribution in [2.45, 2.75) is 44.2 Å². The molecule has 1 saturated carbocycles. The topological polar surface area (TPSA) is 72.9 Å². The molecule has 0 spiro atoms. The van der Waals surface area contributed by atoms with Crippen LogP contribution in [0.25, 0.3) is 0 Å². The third-order valence-corrected chi connectivity index (χ3v) is 5.92. The summed E-state index contributed by atoms with van der Waals surface area (Å²) in [5, 5.41) is 3.15. The van der Waals surface area contributed by atoms with Crippen LogP contribution in [-0.2, 0) is 6.42 Å². The maximum Gasteiger partial charge on any atom is 0.270 e. The van der Waals surface area contributed by atoms with Gasteiger partial charge in [-0.25, -0.2) is 4.98 Å². The van der Waals surface area contributed by atoms with E-state index in [2.05, 4.69) is 15.2 Å². The molecule has 7 heteroatoms. The molecule has 0 unspecified atom stereocenters. The van der Waals surface area contributed by atoms with Crippen LogP contribution in [0.2, 0.25) is 0 Å². The zero-order valence-electron chi connectivity index (χ0n) is 16.5. The van der Waals surface area contributed by atoms with Gasteiger partial charge in [-0.1, -0.05) is 6.07 Å². The fourth-order valence-corrected chi connectivity index (χ4v) is 4.25. The number of rotatable bonds is 4. The van der Waals surface area contributed by atoms with E-state index in [0.717, 1.165) is 61.7 Å². The smallest absolute Gasteiger partial charge is 0.270 e. The molecule has 3 heterocycles. The summed E-state index contributed by atoms with van der Waals surface area (Å²) in [5.74, 6) is 3.13. The number of anilines is 1. The molecule has 152 valence electrons. The first-order chi connectivity index (χ1) is 14.2. The van der Waals surface area contributed by atoms with Crippen molar-refractivity contribution >= 4 is 11.7 Å². The summed E-state index contributed by atoms with van der Waals surface area (Å²) in [4.78, 5) is 19.3. The summed E-state index contributed by atoms with van der Waals surface area (Å²) in [6.07, 6.45) is 4.74. The van der Waals surface area contributed by atoms with Crippen molar-refractivity contribution in [1.82, 2.24) is 10.3 Å². The minimum Gasteiger partial charge on any atom is -0.490 e. The lowest BCUT2D eigenvalue weighted by Gasteiger charge is -2.29. The first-order valence-corrected chi connectivity index (χ1v) is 10.2. The van der Waals surface area contributed by atoms with E-state index in [-0.39, 0.29) is 24.8 Å². The van der Waals surface area contributed by atoms with E-state index in [0.29, 0.717) is 5.69 Å². The lowest BCUT2D eigenvalue weighted by Crippen LogP contribution is -2.40. The zero-order chi connectivity index (χ0) is 19.8. The number of nitrogens with zero attached hydrogens (tertiary/aromatic N) is 2. The molecule has 2 aliphatic heterocycles. The molecule has 5 rings (SSSR count). The number of hydrogen-bond acceptors (Lipinski definition) is 6. The Morgan fingerprint density at radius 1 is 1.14 bits per heavy atom. The Morgan fingerprint density at radius 2 is 1.97 bits per heavy atom. The van der Waals surface area contributed by atoms with Gasteiger partial charge in [-0.2, -0.15) is 0 Å². The van der Waals surface area contributed by atoms with E-state index >= 15 is 0 Å². The van der Waals surface area contributed by atoms with Gasteiger partial charge in [0.25, 0.3) is 5.91 Å². The van der Waals surface area contributed by atoms with E-state index in [1.54, 1.807) is 0 Å². The normalized spacial score (nSPS) is 22.3. The molecule has 1 aromatic carbocycles. The molecule has 1 aliphatic carbocycles. The highest BCUT2D eigenvalue weighted by atomic mass is 16.7. The monoisotopic (exact) mass is 395 g/mol. The molecule has 1 N–H and O–H groups in total. The first-order valence-electron chi connectivity index (χ1n) is 10.2. The molecule has 0 radical (unpaired) electrons. The molecule has 1 amide bonds. The van der Waals surface area contributed by atoms with Crippen molar-refractivity contribution in [3.63, 3.8) is 0 Å². The Bertz CT molecular complexity index is 924. The molecule has 3 aliphatic rings. The molecular formula is C22H25N3O4. The Kier molecular flexibility index (Phi) is 4.66. The van der Waals surface area contributed by atoms with Crippen molar-refractivity contribution in [1.29, 1.82) is 0 Å². The summed E-state index contributed by atoms with van der Waals surface area (Å²) in [7, 11) is 2.02. The van der Waals surface area contributed by atoms with E-state index in [1.165, 1.54) is 5.56 Å². The van der Waals surface area contributed by atoms with Crippen LogP contribution >= 0.6 is 0 Å². The second-order valence-corrected chi connectivity index (χ2v) is 7.93. The van der Waals surface area contributed by atoms with Crippen molar-refractivity contribution in [2.24, 2.45) is 0 Å². The second-order valence-electron chi connectivity index (χ2n) is 7.93. The lowest BCUT2D eigenvalue weighted by atomic mass is 9.92. The fraction of sp³-hybridized carbons (Fsp3) is 0.455. The molecule has 7 nitrogen and oxygen atoms in total. The van der Waals surface area contributed by atoms with Gasteiger partial charge in [-0.15, -0.1) is 0 Å². The Hall–Kier alpha value is -2.96. The highest BCUT2D eigenvalue weighted by Crippen LogP contribution is 2.36. The van der Waals surface area contributed by atoms with Gasteiger partial charge in [-0.05, 0) is 55.9 Å². The first kappa shape index (κ1) is 18.1. The number of benzene rings is 1. The van der Waals surface area contributed by atoms with E-state index in [4.69, 9.17) is 14.2 Å². The van der Waals surface area contributed by atoms with Crippen LogP contribution in [0.3, 0.4) is 0 Å². The summed E-state index contributed by atoms with van der Waals surface area (Å²) < 4.78 is 16.9. The van der Waals surface area contributed by atoms with Crippen LogP contribution < -0.4 is 24.4 Å². The molecule has 0 saturated heterocycles. The molecule has 0 bridgehead atoms. The van der Waals surface area contributed by atoms with Crippen LogP contribution in [0.5, 0.6) is 17.2 Å². The lowest BCUT2D eigenvalue weighted by molar-refractivity contribution is 0.0889. The van der Waals surface area contributed by atoms with E-state index in [9.17, 15) is 4.79 Å². The molecule has 0 atom stereocenters. The highest BCUT2D eigenvalue weighted by molar-refractivity contribution is 5.93. The van der Waals surface area contributed by atoms with Gasteiger partial charge >= 0.3 is 0 Å². The van der Waals surface area contributed by atoms with Gasteiger partial charge in [-0.3, -0.25) is 4.79 Å². The number of likely N-dealkylation sites (N-methyl/N-ethyl adjacent to an activating group) is 1. The fourth-order valence-electron chi connectivity index (χ4n) is 4.25. The van der Waals surface area contributed by atoms with Gasteiger partial charge in [0.1, 0.15) is 17.3 Å². The maximum absolute atomic E-state index is 12.7. The van der Waals surface area contributed by atoms with Crippen molar-refractivity contribution in [3.8, 4) is 17.2 Å². The Morgan fingerprint density at radius 3 is 2.83 bits per heavy atom. The Labute approximate surface area is 170 Å². The second kappa shape index (κ2) is 7.46. The van der Waals surface area contributed by atoms with Crippen LogP contribution in [-0.4, -0.2) is 43.4 Å². The maximum atomic E-state index is 12.7. The third kappa shape index (κ3) is 3.69. The number of carbonyl (C=O) groups excluding carboxylic acids is 1. The predicted molar refractivity (Wildman–Crippen MR) is 108 cm³/mol. The van der Waals surface area contributed by atoms with Crippen LogP contribution in [0.4, 0.5) is 5.82 Å². The quantitative estimate of drug-likeness (QED) is 0.858. The summed E-state index contributed by atoms with van der Waals surface area (Å²) in [6.45, 7) is 1.22. The predicted octanol–water partition coefficient (Wildman–Crippen LogP) is 2.92. The third-order valence-electron chi connectivity index (χ3n) is 5.92. The van der Waals surface area contributed by atoms with Gasteiger partial charge < -0.3 is 24.4 Å². The van der Waals surface area contributed by atoms with Crippen molar-refractivity contribution in [2.75, 3.05) is 25.3 Å². The standard InChI is InChI=1S/C22H25N3O4/c1-25-11-10-14-2-8-18(24-21(14)25)22(26)23-15-3-5-16(6-4-15)29-17-7-9-19-20(12-17)28-13-27-19/h2,7-9,12,15-16H,3-6,10-11,13H2,1H3,(H,23,26). The van der Waals surface area contributed by atoms with Crippen molar-refractivity contribution < 1.29 is 19.0 Å². The minimum atomic E-state index is -0.0896. The molecule has 29 heavy (non-hydrogen) atoms. The number of aromatic nitrogens is 1. The number of pyridine rings is 1. The molecular weight excluding hydrogens is 370 g/mol. The summed E-state index contributed by atoms with van der Waals surface area (Å²) >= 11 is 0. The van der Waals surface area contributed by atoms with Gasteiger partial charge in [0.05, 0.1) is 6.10 Å². The Balaban J connectivity index is 1.14. The summed E-state index contributed by atoms with van der Waals surface area (Å²) in [5.41, 5.74) is 1.71. The minimum absolute atomic E-state index is 0.0896. The average molecular weight is 395 g/mol. The van der Waals surface area contributed by atoms with E-state index < -0.39 is 0 Å². The van der Waals surface area contributed by atoms with Gasteiger partial charge in [0.15, 0.2) is 11.5 Å². The number of carbonyl (C=O) groups is 1. The number of nitrogens with one attached hydrogen (secondary N) is 1. The zero-order valence-corrected chi connectivity index (χ0v) is 16.5. The number of hydrogen-bond donors (Lipinski definition) is 1. The molecule has 1 fully saturated rings. The van der Waals surface area contributed by atoms with Gasteiger partial charge in [0.2, 0.25) is 6.79 Å². The SMILES string of the molecule is CN1CCc2ccc(C(=O)NC3CCC(Oc4ccc5c(c4)OCO5)CC3)nc21. The molecule has 1 aromatic heterocycles. The van der Waals surface area contributed by atoms with Gasteiger partial charge in [0, 0.05) is 25.7 Å². The van der Waals surface area contributed by atoms with Crippen LogP contribution in [0.1, 0.15) is 41.7 Å². The largest absolute Gasteiger partial charge is 0.490 e. The number of fused-ring (bicyclic) bond motifs is 2. The van der Waals surface area contributed by atoms with Crippen molar-refractivity contribution in [3.05, 3.63) is 41.6 Å². The average Bonchev–Trinajstić information content (AvgIpc) is 3.35. The van der Waals surface area contributed by atoms with Crippen LogP contribution in [0.15, 0.2) is 30.3 Å². The summed E-state index contributed by atoms with van der Waals surface area (Å²) in [6, 6.07) is 9.69.